The van der Waals surface area contributed by atoms with Crippen molar-refractivity contribution < 1.29 is 24.3 Å². The number of rotatable bonds is 5. The molecular weight excluding hydrogens is 245 g/mol. The van der Waals surface area contributed by atoms with E-state index < -0.39 is 19.6 Å². The summed E-state index contributed by atoms with van der Waals surface area (Å²) in [4.78, 5) is 28.1. The average Bonchev–Trinajstić information content (AvgIpc) is 2.18. The van der Waals surface area contributed by atoms with Crippen LogP contribution in [0.3, 0.4) is 0 Å². The first kappa shape index (κ1) is 13.7. The Morgan fingerprint density at radius 1 is 1.35 bits per heavy atom. The number of benzene rings is 1. The van der Waals surface area contributed by atoms with Gasteiger partial charge in [0.15, 0.2) is 0 Å². The predicted molar refractivity (Wildman–Crippen MR) is 62.9 cm³/mol. The molecule has 0 spiro atoms. The second-order valence-corrected chi connectivity index (χ2v) is 5.37. The van der Waals surface area contributed by atoms with E-state index >= 15 is 0 Å². The normalized spacial score (nSPS) is 13.1. The number of carboxylic acid groups (broad SMARTS) is 1. The van der Waals surface area contributed by atoms with E-state index in [1.807, 2.05) is 0 Å². The van der Waals surface area contributed by atoms with Crippen LogP contribution in [0.15, 0.2) is 24.3 Å². The van der Waals surface area contributed by atoms with E-state index in [0.717, 1.165) is 0 Å². The lowest BCUT2D eigenvalue weighted by atomic mass is 10.2. The van der Waals surface area contributed by atoms with Gasteiger partial charge >= 0.3 is 13.6 Å². The van der Waals surface area contributed by atoms with Gasteiger partial charge in [0.2, 0.25) is 0 Å². The molecule has 1 aromatic rings. The smallest absolute Gasteiger partial charge is 0.329 e. The van der Waals surface area contributed by atoms with Crippen LogP contribution < -0.4 is 5.32 Å². The minimum atomic E-state index is -4.06. The van der Waals surface area contributed by atoms with Gasteiger partial charge in [0.1, 0.15) is 6.04 Å². The summed E-state index contributed by atoms with van der Waals surface area (Å²) in [5.74, 6) is -0.968. The predicted octanol–water partition coefficient (Wildman–Crippen LogP) is 1.25. The van der Waals surface area contributed by atoms with E-state index in [0.29, 0.717) is 11.3 Å². The van der Waals surface area contributed by atoms with Crippen LogP contribution >= 0.6 is 7.60 Å². The van der Waals surface area contributed by atoms with Gasteiger partial charge in [0, 0.05) is 5.69 Å². The maximum absolute atomic E-state index is 10.8. The van der Waals surface area contributed by atoms with Crippen molar-refractivity contribution in [2.45, 2.75) is 19.1 Å². The number of carbonyl (C=O) groups is 1. The quantitative estimate of drug-likeness (QED) is 0.593. The minimum absolute atomic E-state index is 0.318. The highest BCUT2D eigenvalue weighted by atomic mass is 31.2. The Morgan fingerprint density at radius 3 is 2.29 bits per heavy atom. The van der Waals surface area contributed by atoms with Crippen LogP contribution in [0.5, 0.6) is 0 Å². The zero-order chi connectivity index (χ0) is 13.1. The molecule has 6 nitrogen and oxygen atoms in total. The van der Waals surface area contributed by atoms with Gasteiger partial charge in [-0.1, -0.05) is 12.1 Å². The third kappa shape index (κ3) is 4.99. The molecule has 0 unspecified atom stereocenters. The number of carboxylic acids is 1. The second kappa shape index (κ2) is 5.31. The summed E-state index contributed by atoms with van der Waals surface area (Å²) in [6, 6.07) is 5.56. The molecule has 0 aromatic heterocycles. The summed E-state index contributed by atoms with van der Waals surface area (Å²) < 4.78 is 10.8. The topological polar surface area (TPSA) is 107 Å². The lowest BCUT2D eigenvalue weighted by molar-refractivity contribution is -0.137. The van der Waals surface area contributed by atoms with Gasteiger partial charge < -0.3 is 20.2 Å². The van der Waals surface area contributed by atoms with Crippen LogP contribution in [0, 0.1) is 0 Å². The summed E-state index contributed by atoms with van der Waals surface area (Å²) in [7, 11) is -4.06. The zero-order valence-electron chi connectivity index (χ0n) is 9.20. The Labute approximate surface area is 98.4 Å². The van der Waals surface area contributed by atoms with Gasteiger partial charge in [0.25, 0.3) is 0 Å². The fourth-order valence-corrected chi connectivity index (χ4v) is 1.94. The highest BCUT2D eigenvalue weighted by Gasteiger charge is 2.14. The molecule has 94 valence electrons. The van der Waals surface area contributed by atoms with Crippen molar-refractivity contribution in [3.8, 4) is 0 Å². The molecule has 1 aromatic carbocycles. The van der Waals surface area contributed by atoms with E-state index in [1.54, 1.807) is 24.3 Å². The molecule has 1 rings (SSSR count). The molecule has 0 radical (unpaired) electrons. The molecule has 0 heterocycles. The van der Waals surface area contributed by atoms with Crippen molar-refractivity contribution in [1.82, 2.24) is 0 Å². The van der Waals surface area contributed by atoms with Crippen LogP contribution in [0.4, 0.5) is 5.69 Å². The van der Waals surface area contributed by atoms with Crippen LogP contribution in [0.25, 0.3) is 0 Å². The molecule has 7 heteroatoms. The lowest BCUT2D eigenvalue weighted by Crippen LogP contribution is -2.25. The van der Waals surface area contributed by atoms with Gasteiger partial charge in [-0.15, -0.1) is 0 Å². The summed E-state index contributed by atoms with van der Waals surface area (Å²) >= 11 is 0. The Kier molecular flexibility index (Phi) is 4.28. The average molecular weight is 259 g/mol. The standard InChI is InChI=1S/C10H14NO5P/c1-7(10(12)13)11-9-4-2-8(3-5-9)6-17(14,15)16/h2-5,7,11H,6H2,1H3,(H,12,13)(H2,14,15,16)/t7-/m0/s1. The van der Waals surface area contributed by atoms with Crippen molar-refractivity contribution in [2.75, 3.05) is 5.32 Å². The molecule has 17 heavy (non-hydrogen) atoms. The second-order valence-electron chi connectivity index (χ2n) is 3.72. The van der Waals surface area contributed by atoms with Crippen molar-refractivity contribution >= 4 is 19.3 Å². The van der Waals surface area contributed by atoms with E-state index in [2.05, 4.69) is 5.32 Å². The highest BCUT2D eigenvalue weighted by Crippen LogP contribution is 2.39. The van der Waals surface area contributed by atoms with Gasteiger partial charge in [-0.05, 0) is 24.6 Å². The van der Waals surface area contributed by atoms with Crippen molar-refractivity contribution in [2.24, 2.45) is 0 Å². The Hall–Kier alpha value is -1.36. The molecule has 0 fully saturated rings. The molecule has 0 aliphatic carbocycles. The maximum Gasteiger partial charge on any atom is 0.329 e. The molecule has 0 aliphatic rings. The van der Waals surface area contributed by atoms with Crippen LogP contribution in [-0.2, 0) is 15.5 Å². The molecular formula is C10H14NO5P. The van der Waals surface area contributed by atoms with E-state index in [9.17, 15) is 9.36 Å². The molecule has 1 atom stereocenters. The molecule has 0 saturated heterocycles. The fourth-order valence-electron chi connectivity index (χ4n) is 1.26. The summed E-state index contributed by atoms with van der Waals surface area (Å²) in [5.41, 5.74) is 1.10. The molecule has 0 aliphatic heterocycles. The molecule has 4 N–H and O–H groups in total. The first-order valence-corrected chi connectivity index (χ1v) is 6.70. The van der Waals surface area contributed by atoms with Gasteiger partial charge in [-0.25, -0.2) is 0 Å². The molecule has 0 amide bonds. The lowest BCUT2D eigenvalue weighted by Gasteiger charge is -2.11. The van der Waals surface area contributed by atoms with E-state index in [4.69, 9.17) is 14.9 Å². The van der Waals surface area contributed by atoms with Gasteiger partial charge in [0.05, 0.1) is 6.16 Å². The molecule has 0 bridgehead atoms. The number of hydrogen-bond donors (Lipinski definition) is 4. The van der Waals surface area contributed by atoms with Crippen molar-refractivity contribution in [3.05, 3.63) is 29.8 Å². The van der Waals surface area contributed by atoms with Crippen molar-refractivity contribution in [1.29, 1.82) is 0 Å². The summed E-state index contributed by atoms with van der Waals surface area (Å²) in [6.07, 6.45) is -0.318. The molecule has 0 saturated carbocycles. The number of aliphatic carboxylic acids is 1. The van der Waals surface area contributed by atoms with E-state index in [-0.39, 0.29) is 6.16 Å². The summed E-state index contributed by atoms with van der Waals surface area (Å²) in [6.45, 7) is 1.51. The Bertz CT molecular complexity index is 439. The van der Waals surface area contributed by atoms with E-state index in [1.165, 1.54) is 6.92 Å². The maximum atomic E-state index is 10.8. The number of nitrogens with one attached hydrogen (secondary N) is 1. The Balaban J connectivity index is 2.68. The zero-order valence-corrected chi connectivity index (χ0v) is 10.1. The van der Waals surface area contributed by atoms with Gasteiger partial charge in [-0.2, -0.15) is 0 Å². The Morgan fingerprint density at radius 2 is 1.88 bits per heavy atom. The third-order valence-electron chi connectivity index (χ3n) is 2.10. The first-order chi connectivity index (χ1) is 7.78. The van der Waals surface area contributed by atoms with Gasteiger partial charge in [-0.3, -0.25) is 9.36 Å². The van der Waals surface area contributed by atoms with Crippen LogP contribution in [-0.4, -0.2) is 26.9 Å². The summed E-state index contributed by atoms with van der Waals surface area (Å²) in [5, 5.41) is 11.4. The SMILES string of the molecule is C[C@H](Nc1ccc(CP(=O)(O)O)cc1)C(=O)O. The monoisotopic (exact) mass is 259 g/mol. The van der Waals surface area contributed by atoms with Crippen molar-refractivity contribution in [3.63, 3.8) is 0 Å². The first-order valence-electron chi connectivity index (χ1n) is 4.91. The third-order valence-corrected chi connectivity index (χ3v) is 2.87. The van der Waals surface area contributed by atoms with Crippen LogP contribution in [0.2, 0.25) is 0 Å². The fraction of sp³-hybridized carbons (Fsp3) is 0.300. The van der Waals surface area contributed by atoms with Crippen LogP contribution in [0.1, 0.15) is 12.5 Å². The highest BCUT2D eigenvalue weighted by molar-refractivity contribution is 7.50. The largest absolute Gasteiger partial charge is 0.480 e. The number of hydrogen-bond acceptors (Lipinski definition) is 3. The number of anilines is 1. The minimum Gasteiger partial charge on any atom is -0.480 e.